The molecular formula is C12H12ClN3O. The molecule has 2 N–H and O–H groups in total. The minimum absolute atomic E-state index is 0.293. The van der Waals surface area contributed by atoms with E-state index in [4.69, 9.17) is 22.1 Å². The van der Waals surface area contributed by atoms with Gasteiger partial charge in [0.2, 0.25) is 0 Å². The molecule has 0 radical (unpaired) electrons. The first kappa shape index (κ1) is 11.8. The molecule has 0 saturated carbocycles. The first-order chi connectivity index (χ1) is 8.20. The van der Waals surface area contributed by atoms with Crippen LogP contribution >= 0.6 is 11.6 Å². The normalized spacial score (nSPS) is 10.3. The molecule has 0 aliphatic rings. The Kier molecular flexibility index (Phi) is 3.56. The molecular weight excluding hydrogens is 238 g/mol. The Morgan fingerprint density at radius 3 is 2.88 bits per heavy atom. The highest BCUT2D eigenvalue weighted by atomic mass is 35.5. The molecule has 0 bridgehead atoms. The van der Waals surface area contributed by atoms with Crippen molar-refractivity contribution in [1.82, 2.24) is 9.97 Å². The summed E-state index contributed by atoms with van der Waals surface area (Å²) < 4.78 is 5.58. The third-order valence-corrected chi connectivity index (χ3v) is 2.61. The Bertz CT molecular complexity index is 531. The van der Waals surface area contributed by atoms with Crippen molar-refractivity contribution in [3.8, 4) is 11.8 Å². The smallest absolute Gasteiger partial charge is 0.322 e. The van der Waals surface area contributed by atoms with Crippen LogP contribution in [0.4, 0.5) is 0 Å². The van der Waals surface area contributed by atoms with Gasteiger partial charge in [-0.2, -0.15) is 0 Å². The minimum atomic E-state index is 0.293. The Hall–Kier alpha value is -1.65. The van der Waals surface area contributed by atoms with E-state index in [0.29, 0.717) is 23.3 Å². The number of aromatic nitrogens is 2. The molecule has 0 spiro atoms. The molecule has 17 heavy (non-hydrogen) atoms. The Balaban J connectivity index is 2.33. The van der Waals surface area contributed by atoms with Crippen molar-refractivity contribution >= 4 is 11.6 Å². The van der Waals surface area contributed by atoms with E-state index in [1.165, 1.54) is 0 Å². The number of nitrogens with zero attached hydrogens (tertiary/aromatic N) is 2. The molecule has 0 saturated heterocycles. The fourth-order valence-electron chi connectivity index (χ4n) is 1.41. The SMILES string of the molecule is Cc1ccnc(Oc2cccc(Cl)c2CN)n1. The summed E-state index contributed by atoms with van der Waals surface area (Å²) in [5.41, 5.74) is 7.22. The lowest BCUT2D eigenvalue weighted by molar-refractivity contribution is 0.435. The minimum Gasteiger partial charge on any atom is -0.424 e. The lowest BCUT2D eigenvalue weighted by Gasteiger charge is -2.09. The predicted octanol–water partition coefficient (Wildman–Crippen LogP) is 2.69. The van der Waals surface area contributed by atoms with Crippen molar-refractivity contribution in [2.24, 2.45) is 5.73 Å². The van der Waals surface area contributed by atoms with Gasteiger partial charge in [0.15, 0.2) is 0 Å². The topological polar surface area (TPSA) is 61.0 Å². The highest BCUT2D eigenvalue weighted by molar-refractivity contribution is 6.31. The predicted molar refractivity (Wildman–Crippen MR) is 66.2 cm³/mol. The first-order valence-corrected chi connectivity index (χ1v) is 5.53. The quantitative estimate of drug-likeness (QED) is 0.909. The third kappa shape index (κ3) is 2.72. The number of aryl methyl sites for hydroxylation is 1. The van der Waals surface area contributed by atoms with Crippen LogP contribution in [-0.4, -0.2) is 9.97 Å². The first-order valence-electron chi connectivity index (χ1n) is 5.15. The summed E-state index contributed by atoms with van der Waals surface area (Å²) in [5, 5.41) is 0.581. The van der Waals surface area contributed by atoms with Gasteiger partial charge in [-0.15, -0.1) is 0 Å². The summed E-state index contributed by atoms with van der Waals surface area (Å²) in [6.07, 6.45) is 1.64. The van der Waals surface area contributed by atoms with Gasteiger partial charge < -0.3 is 10.5 Å². The highest BCUT2D eigenvalue weighted by Crippen LogP contribution is 2.28. The number of rotatable bonds is 3. The molecule has 1 heterocycles. The van der Waals surface area contributed by atoms with Gasteiger partial charge in [-0.25, -0.2) is 9.97 Å². The second kappa shape index (κ2) is 5.12. The molecule has 0 aliphatic carbocycles. The monoisotopic (exact) mass is 249 g/mol. The molecule has 88 valence electrons. The van der Waals surface area contributed by atoms with Gasteiger partial charge in [0.1, 0.15) is 5.75 Å². The number of halogens is 1. The van der Waals surface area contributed by atoms with Crippen LogP contribution in [-0.2, 0) is 6.54 Å². The summed E-state index contributed by atoms with van der Waals surface area (Å²) in [4.78, 5) is 8.18. The Morgan fingerprint density at radius 2 is 2.18 bits per heavy atom. The molecule has 0 aliphatic heterocycles. The number of hydrogen-bond acceptors (Lipinski definition) is 4. The van der Waals surface area contributed by atoms with E-state index in [9.17, 15) is 0 Å². The average Bonchev–Trinajstić information content (AvgIpc) is 2.29. The van der Waals surface area contributed by atoms with Crippen LogP contribution in [0.3, 0.4) is 0 Å². The van der Waals surface area contributed by atoms with Crippen LogP contribution in [0.2, 0.25) is 5.02 Å². The van der Waals surface area contributed by atoms with E-state index in [1.54, 1.807) is 30.5 Å². The lowest BCUT2D eigenvalue weighted by atomic mass is 10.2. The molecule has 1 aromatic heterocycles. The van der Waals surface area contributed by atoms with E-state index in [-0.39, 0.29) is 0 Å². The van der Waals surface area contributed by atoms with Gasteiger partial charge in [-0.05, 0) is 25.1 Å². The molecule has 1 aromatic carbocycles. The largest absolute Gasteiger partial charge is 0.424 e. The third-order valence-electron chi connectivity index (χ3n) is 2.25. The van der Waals surface area contributed by atoms with Gasteiger partial charge in [0.25, 0.3) is 0 Å². The number of benzene rings is 1. The summed E-state index contributed by atoms with van der Waals surface area (Å²) in [6.45, 7) is 2.18. The van der Waals surface area contributed by atoms with Crippen LogP contribution < -0.4 is 10.5 Å². The lowest BCUT2D eigenvalue weighted by Crippen LogP contribution is -2.01. The molecule has 4 nitrogen and oxygen atoms in total. The van der Waals surface area contributed by atoms with E-state index in [0.717, 1.165) is 11.3 Å². The van der Waals surface area contributed by atoms with Gasteiger partial charge in [-0.3, -0.25) is 0 Å². The van der Waals surface area contributed by atoms with Gasteiger partial charge >= 0.3 is 6.01 Å². The second-order valence-corrected chi connectivity index (χ2v) is 3.91. The zero-order valence-corrected chi connectivity index (χ0v) is 10.1. The van der Waals surface area contributed by atoms with E-state index in [2.05, 4.69) is 9.97 Å². The fraction of sp³-hybridized carbons (Fsp3) is 0.167. The standard InChI is InChI=1S/C12H12ClN3O/c1-8-5-6-15-12(16-8)17-11-4-2-3-10(13)9(11)7-14/h2-6H,7,14H2,1H3. The van der Waals surface area contributed by atoms with Gasteiger partial charge in [-0.1, -0.05) is 17.7 Å². The molecule has 2 rings (SSSR count). The molecule has 0 amide bonds. The van der Waals surface area contributed by atoms with Crippen LogP contribution in [0.25, 0.3) is 0 Å². The molecule has 5 heteroatoms. The maximum atomic E-state index is 6.03. The molecule has 2 aromatic rings. The summed E-state index contributed by atoms with van der Waals surface area (Å²) >= 11 is 6.03. The Morgan fingerprint density at radius 1 is 1.35 bits per heavy atom. The van der Waals surface area contributed by atoms with Crippen molar-refractivity contribution < 1.29 is 4.74 Å². The summed E-state index contributed by atoms with van der Waals surface area (Å²) in [6, 6.07) is 7.45. The number of nitrogens with two attached hydrogens (primary N) is 1. The van der Waals surface area contributed by atoms with Crippen LogP contribution in [0.15, 0.2) is 30.5 Å². The summed E-state index contributed by atoms with van der Waals surface area (Å²) in [7, 11) is 0. The average molecular weight is 250 g/mol. The van der Waals surface area contributed by atoms with Crippen molar-refractivity contribution in [2.45, 2.75) is 13.5 Å². The number of ether oxygens (including phenoxy) is 1. The Labute approximate surface area is 104 Å². The highest BCUT2D eigenvalue weighted by Gasteiger charge is 2.08. The van der Waals surface area contributed by atoms with Crippen molar-refractivity contribution in [2.75, 3.05) is 0 Å². The van der Waals surface area contributed by atoms with Crippen molar-refractivity contribution in [3.05, 3.63) is 46.7 Å². The van der Waals surface area contributed by atoms with Crippen molar-refractivity contribution in [3.63, 3.8) is 0 Å². The van der Waals surface area contributed by atoms with Crippen LogP contribution in [0, 0.1) is 6.92 Å². The van der Waals surface area contributed by atoms with E-state index < -0.39 is 0 Å². The molecule has 0 unspecified atom stereocenters. The maximum Gasteiger partial charge on any atom is 0.322 e. The fourth-order valence-corrected chi connectivity index (χ4v) is 1.65. The maximum absolute atomic E-state index is 6.03. The zero-order valence-electron chi connectivity index (χ0n) is 9.35. The van der Waals surface area contributed by atoms with Gasteiger partial charge in [0.05, 0.1) is 0 Å². The molecule has 0 fully saturated rings. The van der Waals surface area contributed by atoms with Crippen molar-refractivity contribution in [1.29, 1.82) is 0 Å². The molecule has 0 atom stereocenters. The van der Waals surface area contributed by atoms with Crippen LogP contribution in [0.1, 0.15) is 11.3 Å². The van der Waals surface area contributed by atoms with Crippen LogP contribution in [0.5, 0.6) is 11.8 Å². The number of hydrogen-bond donors (Lipinski definition) is 1. The van der Waals surface area contributed by atoms with Gasteiger partial charge in [0, 0.05) is 29.0 Å². The van der Waals surface area contributed by atoms with E-state index >= 15 is 0 Å². The van der Waals surface area contributed by atoms with E-state index in [1.807, 2.05) is 6.92 Å². The second-order valence-electron chi connectivity index (χ2n) is 3.50. The zero-order chi connectivity index (χ0) is 12.3. The summed E-state index contributed by atoms with van der Waals surface area (Å²) in [5.74, 6) is 0.589.